The van der Waals surface area contributed by atoms with Gasteiger partial charge in [0.2, 0.25) is 0 Å². The second-order valence-electron chi connectivity index (χ2n) is 3.25. The minimum Gasteiger partial charge on any atom is -0.305 e. The first kappa shape index (κ1) is 10.4. The van der Waals surface area contributed by atoms with Crippen molar-refractivity contribution in [1.29, 1.82) is 0 Å². The van der Waals surface area contributed by atoms with Crippen molar-refractivity contribution in [3.8, 4) is 0 Å². The summed E-state index contributed by atoms with van der Waals surface area (Å²) < 4.78 is 22.9. The smallest absolute Gasteiger partial charge is 0.200 e. The Morgan fingerprint density at radius 2 is 2.20 bits per heavy atom. The minimum absolute atomic E-state index is 0.378. The maximum atomic E-state index is 11.5. The van der Waals surface area contributed by atoms with E-state index in [0.717, 1.165) is 11.1 Å². The van der Waals surface area contributed by atoms with Crippen molar-refractivity contribution in [2.75, 3.05) is 7.11 Å². The van der Waals surface area contributed by atoms with Crippen LogP contribution in [0.1, 0.15) is 11.1 Å². The van der Waals surface area contributed by atoms with Crippen LogP contribution in [-0.4, -0.2) is 15.5 Å². The molecule has 0 saturated carbocycles. The van der Waals surface area contributed by atoms with E-state index in [2.05, 4.69) is 5.48 Å². The van der Waals surface area contributed by atoms with Gasteiger partial charge in [-0.2, -0.15) is 5.48 Å². The van der Waals surface area contributed by atoms with Gasteiger partial charge in [-0.1, -0.05) is 6.07 Å². The van der Waals surface area contributed by atoms with E-state index in [1.54, 1.807) is 18.2 Å². The molecular formula is C10H11NO3S. The van der Waals surface area contributed by atoms with Crippen LogP contribution in [0.4, 0.5) is 0 Å². The first-order chi connectivity index (χ1) is 7.13. The summed E-state index contributed by atoms with van der Waals surface area (Å²) in [6.45, 7) is 0.553. The molecule has 0 fully saturated rings. The molecule has 4 nitrogen and oxygen atoms in total. The van der Waals surface area contributed by atoms with Crippen LogP contribution in [0.5, 0.6) is 0 Å². The molecule has 0 bridgehead atoms. The topological polar surface area (TPSA) is 55.4 Å². The molecule has 1 aliphatic rings. The standard InChI is InChI=1S/C10H11NO3S/c1-14-11-7-8-2-3-10-9(6-8)4-5-15(10,12)13/h2-6,11H,7H2,1H3. The molecule has 0 atom stereocenters. The number of rotatable bonds is 3. The van der Waals surface area contributed by atoms with Crippen molar-refractivity contribution in [3.63, 3.8) is 0 Å². The third-order valence-electron chi connectivity index (χ3n) is 2.23. The van der Waals surface area contributed by atoms with E-state index >= 15 is 0 Å². The lowest BCUT2D eigenvalue weighted by molar-refractivity contribution is 0.0867. The van der Waals surface area contributed by atoms with Gasteiger partial charge >= 0.3 is 0 Å². The number of hydrogen-bond acceptors (Lipinski definition) is 4. The average molecular weight is 225 g/mol. The molecule has 1 aromatic rings. The van der Waals surface area contributed by atoms with Crippen LogP contribution in [0.15, 0.2) is 28.5 Å². The summed E-state index contributed by atoms with van der Waals surface area (Å²) in [6, 6.07) is 5.23. The molecule has 15 heavy (non-hydrogen) atoms. The van der Waals surface area contributed by atoms with E-state index in [9.17, 15) is 8.42 Å². The SMILES string of the molecule is CONCc1ccc2c(c1)C=CS2(=O)=O. The van der Waals surface area contributed by atoms with Crippen molar-refractivity contribution in [1.82, 2.24) is 5.48 Å². The molecule has 2 rings (SSSR count). The molecule has 0 radical (unpaired) electrons. The number of nitrogens with one attached hydrogen (secondary N) is 1. The number of sulfone groups is 1. The lowest BCUT2D eigenvalue weighted by atomic mass is 10.1. The Labute approximate surface area is 88.4 Å². The largest absolute Gasteiger partial charge is 0.305 e. The number of hydroxylamine groups is 1. The van der Waals surface area contributed by atoms with Crippen molar-refractivity contribution in [3.05, 3.63) is 34.7 Å². The molecule has 0 aliphatic carbocycles. The fraction of sp³-hybridized carbons (Fsp3) is 0.200. The Morgan fingerprint density at radius 1 is 1.40 bits per heavy atom. The lowest BCUT2D eigenvalue weighted by Crippen LogP contribution is -2.10. The van der Waals surface area contributed by atoms with Crippen molar-refractivity contribution in [2.24, 2.45) is 0 Å². The Morgan fingerprint density at radius 3 is 2.93 bits per heavy atom. The fourth-order valence-electron chi connectivity index (χ4n) is 1.49. The maximum absolute atomic E-state index is 11.5. The van der Waals surface area contributed by atoms with Gasteiger partial charge in [0.1, 0.15) is 0 Å². The third-order valence-corrected chi connectivity index (χ3v) is 3.71. The number of fused-ring (bicyclic) bond motifs is 1. The molecule has 0 unspecified atom stereocenters. The van der Waals surface area contributed by atoms with Gasteiger partial charge in [0.15, 0.2) is 9.84 Å². The molecule has 1 N–H and O–H groups in total. The van der Waals surface area contributed by atoms with Crippen LogP contribution in [0.3, 0.4) is 0 Å². The summed E-state index contributed by atoms with van der Waals surface area (Å²) in [7, 11) is -1.64. The quantitative estimate of drug-likeness (QED) is 0.782. The molecule has 0 aromatic heterocycles. The van der Waals surface area contributed by atoms with Gasteiger partial charge in [-0.25, -0.2) is 8.42 Å². The highest BCUT2D eigenvalue weighted by atomic mass is 32.2. The zero-order chi connectivity index (χ0) is 10.9. The zero-order valence-electron chi connectivity index (χ0n) is 8.23. The summed E-state index contributed by atoms with van der Waals surface area (Å²) in [6.07, 6.45) is 1.61. The molecule has 80 valence electrons. The highest BCUT2D eigenvalue weighted by molar-refractivity contribution is 7.94. The van der Waals surface area contributed by atoms with E-state index < -0.39 is 9.84 Å². The summed E-state index contributed by atoms with van der Waals surface area (Å²) in [4.78, 5) is 5.10. The molecule has 0 amide bonds. The first-order valence-electron chi connectivity index (χ1n) is 4.45. The van der Waals surface area contributed by atoms with E-state index in [1.165, 1.54) is 12.5 Å². The number of hydrogen-bond donors (Lipinski definition) is 1. The van der Waals surface area contributed by atoms with E-state index in [-0.39, 0.29) is 0 Å². The van der Waals surface area contributed by atoms with Crippen LogP contribution in [0.25, 0.3) is 6.08 Å². The maximum Gasteiger partial charge on any atom is 0.200 e. The van der Waals surface area contributed by atoms with Crippen molar-refractivity contribution < 1.29 is 13.3 Å². The normalized spacial score (nSPS) is 16.6. The predicted molar refractivity (Wildman–Crippen MR) is 56.5 cm³/mol. The molecule has 1 aromatic carbocycles. The molecule has 0 spiro atoms. The Bertz CT molecular complexity index is 505. The fourth-order valence-corrected chi connectivity index (χ4v) is 2.67. The van der Waals surface area contributed by atoms with E-state index in [1.807, 2.05) is 6.07 Å². The summed E-state index contributed by atoms with van der Waals surface area (Å²) in [5.74, 6) is 0. The number of benzene rings is 1. The second kappa shape index (κ2) is 3.77. The second-order valence-corrected chi connectivity index (χ2v) is 5.05. The van der Waals surface area contributed by atoms with Crippen molar-refractivity contribution in [2.45, 2.75) is 11.4 Å². The molecule has 1 aliphatic heterocycles. The van der Waals surface area contributed by atoms with Gasteiger partial charge in [-0.05, 0) is 29.3 Å². The lowest BCUT2D eigenvalue weighted by Gasteiger charge is -2.04. The van der Waals surface area contributed by atoms with Gasteiger partial charge in [-0.15, -0.1) is 0 Å². The molecule has 0 saturated heterocycles. The van der Waals surface area contributed by atoms with Gasteiger partial charge in [-0.3, -0.25) is 0 Å². The molecule has 1 heterocycles. The van der Waals surface area contributed by atoms with Crippen LogP contribution in [0, 0.1) is 0 Å². The zero-order valence-corrected chi connectivity index (χ0v) is 9.04. The Hall–Kier alpha value is -1.17. The summed E-state index contributed by atoms with van der Waals surface area (Å²) in [5.41, 5.74) is 4.43. The monoisotopic (exact) mass is 225 g/mol. The van der Waals surface area contributed by atoms with Crippen LogP contribution in [0.2, 0.25) is 0 Å². The predicted octanol–water partition coefficient (Wildman–Crippen LogP) is 1.10. The van der Waals surface area contributed by atoms with Gasteiger partial charge in [0.05, 0.1) is 12.0 Å². The van der Waals surface area contributed by atoms with Crippen LogP contribution in [-0.2, 0) is 21.2 Å². The van der Waals surface area contributed by atoms with Crippen molar-refractivity contribution >= 4 is 15.9 Å². The molecule has 5 heteroatoms. The summed E-state index contributed by atoms with van der Waals surface area (Å²) >= 11 is 0. The highest BCUT2D eigenvalue weighted by Crippen LogP contribution is 2.27. The minimum atomic E-state index is -3.18. The van der Waals surface area contributed by atoms with E-state index in [4.69, 9.17) is 4.84 Å². The van der Waals surface area contributed by atoms with Crippen LogP contribution >= 0.6 is 0 Å². The Balaban J connectivity index is 2.34. The molecular weight excluding hydrogens is 214 g/mol. The first-order valence-corrected chi connectivity index (χ1v) is 6.00. The van der Waals surface area contributed by atoms with E-state index in [0.29, 0.717) is 11.4 Å². The third kappa shape index (κ3) is 1.94. The highest BCUT2D eigenvalue weighted by Gasteiger charge is 2.20. The summed E-state index contributed by atoms with van der Waals surface area (Å²) in [5, 5.41) is 1.23. The van der Waals surface area contributed by atoms with Gasteiger partial charge < -0.3 is 4.84 Å². The average Bonchev–Trinajstić information content (AvgIpc) is 2.52. The van der Waals surface area contributed by atoms with Crippen LogP contribution < -0.4 is 5.48 Å². The van der Waals surface area contributed by atoms with Gasteiger partial charge in [0.25, 0.3) is 0 Å². The Kier molecular flexibility index (Phi) is 2.60. The van der Waals surface area contributed by atoms with Gasteiger partial charge in [0, 0.05) is 12.0 Å².